The van der Waals surface area contributed by atoms with E-state index in [4.69, 9.17) is 9.84 Å². The van der Waals surface area contributed by atoms with Crippen molar-refractivity contribution in [1.29, 1.82) is 0 Å². The summed E-state index contributed by atoms with van der Waals surface area (Å²) in [7, 11) is 0. The molecule has 0 bridgehead atoms. The molecule has 0 saturated carbocycles. The Kier molecular flexibility index (Phi) is 7.20. The first-order valence-electron chi connectivity index (χ1n) is 5.26. The minimum atomic E-state index is -1.02. The SMILES string of the molecule is C=CCOC(C)C(=O)N(CCC)CC(=O)O. The summed E-state index contributed by atoms with van der Waals surface area (Å²) < 4.78 is 5.16. The summed E-state index contributed by atoms with van der Waals surface area (Å²) >= 11 is 0. The number of aliphatic carboxylic acids is 1. The molecule has 92 valence electrons. The molecular formula is C11H19NO4. The Morgan fingerprint density at radius 1 is 1.56 bits per heavy atom. The van der Waals surface area contributed by atoms with Crippen LogP contribution in [0.4, 0.5) is 0 Å². The number of carboxylic acid groups (broad SMARTS) is 1. The van der Waals surface area contributed by atoms with Gasteiger partial charge in [-0.15, -0.1) is 6.58 Å². The second kappa shape index (κ2) is 7.87. The van der Waals surface area contributed by atoms with Gasteiger partial charge in [0.1, 0.15) is 12.6 Å². The Hall–Kier alpha value is -1.36. The van der Waals surface area contributed by atoms with Gasteiger partial charge in [-0.1, -0.05) is 13.0 Å². The van der Waals surface area contributed by atoms with Crippen LogP contribution in [0.1, 0.15) is 20.3 Å². The number of amides is 1. The normalized spacial score (nSPS) is 11.9. The van der Waals surface area contributed by atoms with E-state index in [1.54, 1.807) is 13.0 Å². The van der Waals surface area contributed by atoms with E-state index in [2.05, 4.69) is 6.58 Å². The lowest BCUT2D eigenvalue weighted by Gasteiger charge is -2.23. The van der Waals surface area contributed by atoms with Gasteiger partial charge in [-0.25, -0.2) is 0 Å². The molecular weight excluding hydrogens is 210 g/mol. The van der Waals surface area contributed by atoms with Crippen molar-refractivity contribution in [2.75, 3.05) is 19.7 Å². The maximum atomic E-state index is 11.8. The van der Waals surface area contributed by atoms with Crippen LogP contribution in [0.15, 0.2) is 12.7 Å². The van der Waals surface area contributed by atoms with Crippen molar-refractivity contribution in [3.05, 3.63) is 12.7 Å². The van der Waals surface area contributed by atoms with E-state index in [1.165, 1.54) is 4.90 Å². The Morgan fingerprint density at radius 2 is 2.19 bits per heavy atom. The van der Waals surface area contributed by atoms with Gasteiger partial charge < -0.3 is 14.7 Å². The Balaban J connectivity index is 4.34. The summed E-state index contributed by atoms with van der Waals surface area (Å²) in [5, 5.41) is 8.67. The lowest BCUT2D eigenvalue weighted by atomic mass is 10.3. The van der Waals surface area contributed by atoms with Gasteiger partial charge in [-0.2, -0.15) is 0 Å². The molecule has 0 aromatic heterocycles. The van der Waals surface area contributed by atoms with Gasteiger partial charge in [-0.3, -0.25) is 9.59 Å². The fourth-order valence-corrected chi connectivity index (χ4v) is 1.24. The quantitative estimate of drug-likeness (QED) is 0.628. The van der Waals surface area contributed by atoms with Crippen LogP contribution in [0.3, 0.4) is 0 Å². The molecule has 1 atom stereocenters. The van der Waals surface area contributed by atoms with Crippen LogP contribution in [0.25, 0.3) is 0 Å². The summed E-state index contributed by atoms with van der Waals surface area (Å²) in [6.45, 7) is 7.39. The van der Waals surface area contributed by atoms with Gasteiger partial charge in [0.15, 0.2) is 0 Å². The fraction of sp³-hybridized carbons (Fsp3) is 0.636. The van der Waals surface area contributed by atoms with E-state index in [0.29, 0.717) is 13.0 Å². The highest BCUT2D eigenvalue weighted by Gasteiger charge is 2.21. The molecule has 0 fully saturated rings. The van der Waals surface area contributed by atoms with E-state index in [1.807, 2.05) is 6.92 Å². The van der Waals surface area contributed by atoms with E-state index >= 15 is 0 Å². The Labute approximate surface area is 95.7 Å². The smallest absolute Gasteiger partial charge is 0.323 e. The van der Waals surface area contributed by atoms with Gasteiger partial charge >= 0.3 is 5.97 Å². The predicted octanol–water partition coefficient (Wildman–Crippen LogP) is 0.901. The topological polar surface area (TPSA) is 66.8 Å². The number of ether oxygens (including phenoxy) is 1. The fourth-order valence-electron chi connectivity index (χ4n) is 1.24. The first-order chi connectivity index (χ1) is 7.52. The number of carboxylic acids is 1. The lowest BCUT2D eigenvalue weighted by Crippen LogP contribution is -2.42. The van der Waals surface area contributed by atoms with Gasteiger partial charge in [0.25, 0.3) is 5.91 Å². The predicted molar refractivity (Wildman–Crippen MR) is 60.1 cm³/mol. The van der Waals surface area contributed by atoms with Crippen LogP contribution in [0.2, 0.25) is 0 Å². The molecule has 1 amide bonds. The van der Waals surface area contributed by atoms with E-state index in [9.17, 15) is 9.59 Å². The minimum Gasteiger partial charge on any atom is -0.480 e. The third kappa shape index (κ3) is 5.50. The molecule has 1 unspecified atom stereocenters. The van der Waals surface area contributed by atoms with Crippen LogP contribution >= 0.6 is 0 Å². The minimum absolute atomic E-state index is 0.278. The zero-order valence-corrected chi connectivity index (χ0v) is 9.81. The van der Waals surface area contributed by atoms with Crippen molar-refractivity contribution in [2.24, 2.45) is 0 Å². The highest BCUT2D eigenvalue weighted by molar-refractivity contribution is 5.84. The molecule has 0 rings (SSSR count). The number of hydrogen-bond donors (Lipinski definition) is 1. The first-order valence-corrected chi connectivity index (χ1v) is 5.26. The van der Waals surface area contributed by atoms with Crippen molar-refractivity contribution in [1.82, 2.24) is 4.90 Å². The number of nitrogens with zero attached hydrogens (tertiary/aromatic N) is 1. The monoisotopic (exact) mass is 229 g/mol. The summed E-state index contributed by atoms with van der Waals surface area (Å²) in [4.78, 5) is 23.6. The second-order valence-electron chi connectivity index (χ2n) is 3.42. The van der Waals surface area contributed by atoms with E-state index in [0.717, 1.165) is 0 Å². The maximum Gasteiger partial charge on any atom is 0.323 e. The number of carbonyl (C=O) groups is 2. The highest BCUT2D eigenvalue weighted by atomic mass is 16.5. The van der Waals surface area contributed by atoms with Crippen molar-refractivity contribution in [3.8, 4) is 0 Å². The maximum absolute atomic E-state index is 11.8. The number of hydrogen-bond acceptors (Lipinski definition) is 3. The van der Waals surface area contributed by atoms with Crippen molar-refractivity contribution >= 4 is 11.9 Å². The van der Waals surface area contributed by atoms with Crippen LogP contribution in [0.5, 0.6) is 0 Å². The first kappa shape index (κ1) is 14.6. The lowest BCUT2D eigenvalue weighted by molar-refractivity contribution is -0.149. The molecule has 0 aliphatic rings. The van der Waals surface area contributed by atoms with Crippen molar-refractivity contribution in [2.45, 2.75) is 26.4 Å². The molecule has 5 nitrogen and oxygen atoms in total. The molecule has 0 aromatic carbocycles. The largest absolute Gasteiger partial charge is 0.480 e. The molecule has 0 heterocycles. The standard InChI is InChI=1S/C11H19NO4/c1-4-6-12(8-10(13)14)11(15)9(3)16-7-5-2/h5,9H,2,4,6-8H2,1,3H3,(H,13,14). The summed E-state index contributed by atoms with van der Waals surface area (Å²) in [5.41, 5.74) is 0. The van der Waals surface area contributed by atoms with Gasteiger partial charge in [0.2, 0.25) is 0 Å². The summed E-state index contributed by atoms with van der Waals surface area (Å²) in [6, 6.07) is 0. The van der Waals surface area contributed by atoms with Crippen molar-refractivity contribution < 1.29 is 19.4 Å². The molecule has 0 radical (unpaired) electrons. The molecule has 0 aliphatic heterocycles. The van der Waals surface area contributed by atoms with E-state index < -0.39 is 12.1 Å². The van der Waals surface area contributed by atoms with Crippen LogP contribution in [-0.2, 0) is 14.3 Å². The third-order valence-corrected chi connectivity index (χ3v) is 1.94. The Bertz CT molecular complexity index is 252. The third-order valence-electron chi connectivity index (χ3n) is 1.94. The molecule has 5 heteroatoms. The molecule has 0 aliphatic carbocycles. The van der Waals surface area contributed by atoms with Crippen LogP contribution in [-0.4, -0.2) is 47.7 Å². The van der Waals surface area contributed by atoms with Crippen LogP contribution < -0.4 is 0 Å². The number of carbonyl (C=O) groups excluding carboxylic acids is 1. The van der Waals surface area contributed by atoms with Gasteiger partial charge in [0, 0.05) is 6.54 Å². The zero-order chi connectivity index (χ0) is 12.6. The summed E-state index contributed by atoms with van der Waals surface area (Å²) in [5.74, 6) is -1.32. The second-order valence-corrected chi connectivity index (χ2v) is 3.42. The average Bonchev–Trinajstić information content (AvgIpc) is 2.23. The van der Waals surface area contributed by atoms with Crippen LogP contribution in [0, 0.1) is 0 Å². The summed E-state index contributed by atoms with van der Waals surface area (Å²) in [6.07, 6.45) is 1.63. The van der Waals surface area contributed by atoms with Crippen molar-refractivity contribution in [3.63, 3.8) is 0 Å². The van der Waals surface area contributed by atoms with E-state index in [-0.39, 0.29) is 19.1 Å². The average molecular weight is 229 g/mol. The zero-order valence-electron chi connectivity index (χ0n) is 9.81. The highest BCUT2D eigenvalue weighted by Crippen LogP contribution is 2.01. The molecule has 16 heavy (non-hydrogen) atoms. The Morgan fingerprint density at radius 3 is 2.62 bits per heavy atom. The molecule has 0 saturated heterocycles. The number of rotatable bonds is 8. The molecule has 0 aromatic rings. The van der Waals surface area contributed by atoms with Gasteiger partial charge in [0.05, 0.1) is 6.61 Å². The molecule has 1 N–H and O–H groups in total. The molecule has 0 spiro atoms. The van der Waals surface area contributed by atoms with Gasteiger partial charge in [-0.05, 0) is 13.3 Å².